The van der Waals surface area contributed by atoms with Crippen LogP contribution in [0.2, 0.25) is 0 Å². The fraction of sp³-hybridized carbons (Fsp3) is 0.417. The second kappa shape index (κ2) is 5.80. The maximum atomic E-state index is 11.2. The van der Waals surface area contributed by atoms with Crippen LogP contribution in [0.3, 0.4) is 0 Å². The van der Waals surface area contributed by atoms with Crippen molar-refractivity contribution in [3.05, 3.63) is 23.3 Å². The van der Waals surface area contributed by atoms with Crippen LogP contribution in [-0.2, 0) is 0 Å². The molecule has 1 rings (SSSR count). The first-order valence-electron chi connectivity index (χ1n) is 5.03. The fourth-order valence-electron chi connectivity index (χ4n) is 1.36. The van der Waals surface area contributed by atoms with E-state index >= 15 is 0 Å². The first kappa shape index (κ1) is 12.9. The van der Waals surface area contributed by atoms with E-state index in [0.29, 0.717) is 23.5 Å². The van der Waals surface area contributed by atoms with Gasteiger partial charge < -0.3 is 9.84 Å². The monoisotopic (exact) mass is 240 g/mol. The number of ether oxygens (including phenoxy) is 1. The van der Waals surface area contributed by atoms with Gasteiger partial charge >= 0.3 is 0 Å². The van der Waals surface area contributed by atoms with Gasteiger partial charge in [0.05, 0.1) is 12.2 Å². The molecule has 0 unspecified atom stereocenters. The van der Waals surface area contributed by atoms with Crippen molar-refractivity contribution >= 4 is 17.5 Å². The summed E-state index contributed by atoms with van der Waals surface area (Å²) in [6, 6.07) is 3.32. The van der Waals surface area contributed by atoms with Gasteiger partial charge in [-0.1, -0.05) is 0 Å². The van der Waals surface area contributed by atoms with Crippen molar-refractivity contribution in [1.29, 1.82) is 0 Å². The highest BCUT2D eigenvalue weighted by atomic mass is 32.2. The summed E-state index contributed by atoms with van der Waals surface area (Å²) in [6.07, 6.45) is 2.01. The minimum absolute atomic E-state index is 0.0224. The number of carbonyl (C=O) groups is 1. The number of rotatable bonds is 5. The van der Waals surface area contributed by atoms with Gasteiger partial charge in [-0.05, 0) is 32.2 Å². The summed E-state index contributed by atoms with van der Waals surface area (Å²) in [5, 5.41) is 9.80. The number of aromatic hydroxyl groups is 1. The van der Waals surface area contributed by atoms with Crippen molar-refractivity contribution < 1.29 is 14.6 Å². The van der Waals surface area contributed by atoms with Crippen LogP contribution in [0.15, 0.2) is 12.1 Å². The highest BCUT2D eigenvalue weighted by Gasteiger charge is 2.12. The molecule has 0 radical (unpaired) electrons. The lowest BCUT2D eigenvalue weighted by Crippen LogP contribution is -2.02. The summed E-state index contributed by atoms with van der Waals surface area (Å²) >= 11 is 1.70. The third-order valence-electron chi connectivity index (χ3n) is 2.31. The maximum absolute atomic E-state index is 11.2. The van der Waals surface area contributed by atoms with Crippen molar-refractivity contribution in [3.8, 4) is 11.5 Å². The topological polar surface area (TPSA) is 46.5 Å². The van der Waals surface area contributed by atoms with Gasteiger partial charge in [0, 0.05) is 11.3 Å². The van der Waals surface area contributed by atoms with Crippen molar-refractivity contribution in [1.82, 2.24) is 0 Å². The summed E-state index contributed by atoms with van der Waals surface area (Å²) in [5.41, 5.74) is 0.962. The molecule has 1 aromatic carbocycles. The van der Waals surface area contributed by atoms with Crippen LogP contribution in [0.1, 0.15) is 22.8 Å². The van der Waals surface area contributed by atoms with Crippen LogP contribution >= 0.6 is 11.8 Å². The molecule has 0 aliphatic carbocycles. The van der Waals surface area contributed by atoms with E-state index in [1.54, 1.807) is 30.8 Å². The maximum Gasteiger partial charge on any atom is 0.163 e. The van der Waals surface area contributed by atoms with Crippen molar-refractivity contribution in [2.75, 3.05) is 18.6 Å². The zero-order chi connectivity index (χ0) is 12.1. The number of thioether (sulfide) groups is 1. The van der Waals surface area contributed by atoms with Crippen LogP contribution in [0.5, 0.6) is 11.5 Å². The van der Waals surface area contributed by atoms with E-state index in [1.807, 2.05) is 6.26 Å². The lowest BCUT2D eigenvalue weighted by atomic mass is 10.1. The second-order valence-electron chi connectivity index (χ2n) is 3.48. The Hall–Kier alpha value is -1.16. The summed E-state index contributed by atoms with van der Waals surface area (Å²) in [6.45, 7) is 3.78. The molecule has 0 bridgehead atoms. The van der Waals surface area contributed by atoms with E-state index in [-0.39, 0.29) is 11.5 Å². The van der Waals surface area contributed by atoms with Gasteiger partial charge in [-0.2, -0.15) is 11.8 Å². The first-order chi connectivity index (χ1) is 7.57. The molecule has 0 spiro atoms. The number of Topliss-reactive ketones (excluding diaryl/α,β-unsaturated/α-hetero) is 1. The number of phenols is 1. The molecule has 0 saturated heterocycles. The number of hydrogen-bond acceptors (Lipinski definition) is 4. The quantitative estimate of drug-likeness (QED) is 0.635. The zero-order valence-electron chi connectivity index (χ0n) is 9.74. The Morgan fingerprint density at radius 2 is 2.19 bits per heavy atom. The highest BCUT2D eigenvalue weighted by Crippen LogP contribution is 2.30. The van der Waals surface area contributed by atoms with Crippen LogP contribution < -0.4 is 4.74 Å². The molecule has 0 aliphatic heterocycles. The summed E-state index contributed by atoms with van der Waals surface area (Å²) < 4.78 is 5.50. The van der Waals surface area contributed by atoms with Crippen molar-refractivity contribution in [2.45, 2.75) is 13.8 Å². The predicted molar refractivity (Wildman–Crippen MR) is 66.7 cm³/mol. The van der Waals surface area contributed by atoms with E-state index < -0.39 is 0 Å². The molecule has 0 amide bonds. The molecule has 16 heavy (non-hydrogen) atoms. The number of phenolic OH excluding ortho intramolecular Hbond substituents is 1. The molecule has 0 fully saturated rings. The van der Waals surface area contributed by atoms with E-state index in [2.05, 4.69) is 0 Å². The molecule has 3 nitrogen and oxygen atoms in total. The molecule has 0 heterocycles. The molecular formula is C12H16O3S. The summed E-state index contributed by atoms with van der Waals surface area (Å²) in [4.78, 5) is 11.2. The Bertz CT molecular complexity index is 388. The van der Waals surface area contributed by atoms with E-state index in [1.165, 1.54) is 6.92 Å². The first-order valence-corrected chi connectivity index (χ1v) is 6.42. The molecule has 1 aromatic rings. The van der Waals surface area contributed by atoms with Crippen LogP contribution in [-0.4, -0.2) is 29.5 Å². The fourth-order valence-corrected chi connectivity index (χ4v) is 1.61. The molecule has 4 heteroatoms. The van der Waals surface area contributed by atoms with Crippen molar-refractivity contribution in [3.63, 3.8) is 0 Å². The Morgan fingerprint density at radius 3 is 2.75 bits per heavy atom. The molecule has 88 valence electrons. The zero-order valence-corrected chi connectivity index (χ0v) is 10.6. The molecule has 0 aliphatic rings. The molecular weight excluding hydrogens is 224 g/mol. The number of carbonyl (C=O) groups excluding carboxylic acids is 1. The normalized spacial score (nSPS) is 10.2. The summed E-state index contributed by atoms with van der Waals surface area (Å²) in [5.74, 6) is 1.41. The Kier molecular flexibility index (Phi) is 4.68. The Morgan fingerprint density at radius 1 is 1.50 bits per heavy atom. The lowest BCUT2D eigenvalue weighted by Gasteiger charge is -2.11. The van der Waals surface area contributed by atoms with Crippen LogP contribution in [0, 0.1) is 6.92 Å². The van der Waals surface area contributed by atoms with Gasteiger partial charge in [0.15, 0.2) is 5.78 Å². The SMILES string of the molecule is CSCCOc1ccc(C(C)=O)c(O)c1C. The van der Waals surface area contributed by atoms with Gasteiger partial charge in [0.25, 0.3) is 0 Å². The van der Waals surface area contributed by atoms with Gasteiger partial charge in [-0.3, -0.25) is 4.79 Å². The predicted octanol–water partition coefficient (Wildman–Crippen LogP) is 2.65. The minimum atomic E-state index is -0.142. The number of benzene rings is 1. The van der Waals surface area contributed by atoms with Gasteiger partial charge in [0.1, 0.15) is 11.5 Å². The third-order valence-corrected chi connectivity index (χ3v) is 2.88. The number of hydrogen-bond donors (Lipinski definition) is 1. The minimum Gasteiger partial charge on any atom is -0.507 e. The molecule has 0 aromatic heterocycles. The van der Waals surface area contributed by atoms with Crippen molar-refractivity contribution in [2.24, 2.45) is 0 Å². The van der Waals surface area contributed by atoms with Gasteiger partial charge in [0.2, 0.25) is 0 Å². The number of ketones is 1. The molecule has 0 saturated carbocycles. The van der Waals surface area contributed by atoms with Gasteiger partial charge in [-0.15, -0.1) is 0 Å². The average molecular weight is 240 g/mol. The molecule has 0 atom stereocenters. The Balaban J connectivity index is 2.89. The second-order valence-corrected chi connectivity index (χ2v) is 4.47. The smallest absolute Gasteiger partial charge is 0.163 e. The van der Waals surface area contributed by atoms with E-state index in [9.17, 15) is 9.90 Å². The summed E-state index contributed by atoms with van der Waals surface area (Å²) in [7, 11) is 0. The van der Waals surface area contributed by atoms with E-state index in [4.69, 9.17) is 4.74 Å². The van der Waals surface area contributed by atoms with Crippen LogP contribution in [0.25, 0.3) is 0 Å². The van der Waals surface area contributed by atoms with E-state index in [0.717, 1.165) is 5.75 Å². The van der Waals surface area contributed by atoms with Gasteiger partial charge in [-0.25, -0.2) is 0 Å². The largest absolute Gasteiger partial charge is 0.507 e. The Labute approximate surface area is 99.8 Å². The average Bonchev–Trinajstić information content (AvgIpc) is 2.24. The molecule has 1 N–H and O–H groups in total. The lowest BCUT2D eigenvalue weighted by molar-refractivity contribution is 0.101. The standard InChI is InChI=1S/C12H16O3S/c1-8-11(15-6-7-16-3)5-4-10(9(2)13)12(8)14/h4-5,14H,6-7H2,1-3H3. The van der Waals surface area contributed by atoms with Crippen LogP contribution in [0.4, 0.5) is 0 Å². The highest BCUT2D eigenvalue weighted by molar-refractivity contribution is 7.98. The third kappa shape index (κ3) is 2.92.